The van der Waals surface area contributed by atoms with Crippen molar-refractivity contribution in [2.75, 3.05) is 18.2 Å². The van der Waals surface area contributed by atoms with Gasteiger partial charge >= 0.3 is 0 Å². The third-order valence-corrected chi connectivity index (χ3v) is 5.78. The summed E-state index contributed by atoms with van der Waals surface area (Å²) < 4.78 is 5.26. The number of H-pyrrole nitrogens is 1. The van der Waals surface area contributed by atoms with Crippen molar-refractivity contribution in [3.63, 3.8) is 0 Å². The second-order valence-corrected chi connectivity index (χ2v) is 7.96. The Balaban J connectivity index is 1.41. The number of carbonyl (C=O) groups excluding carboxylic acids is 1. The Morgan fingerprint density at radius 3 is 2.70 bits per heavy atom. The number of pyridine rings is 1. The molecule has 0 bridgehead atoms. The molecule has 0 saturated carbocycles. The smallest absolute Gasteiger partial charge is 0.234 e. The first kappa shape index (κ1) is 20.0. The molecule has 7 heteroatoms. The zero-order valence-electron chi connectivity index (χ0n) is 17.0. The van der Waals surface area contributed by atoms with Crippen LogP contribution in [0.1, 0.15) is 11.1 Å². The number of anilines is 1. The Morgan fingerprint density at radius 1 is 1.13 bits per heavy atom. The zero-order valence-corrected chi connectivity index (χ0v) is 17.8. The van der Waals surface area contributed by atoms with Gasteiger partial charge in [0.15, 0.2) is 0 Å². The van der Waals surface area contributed by atoms with Crippen LogP contribution in [-0.2, 0) is 4.79 Å². The van der Waals surface area contributed by atoms with E-state index in [0.29, 0.717) is 11.4 Å². The number of hydrogen-bond acceptors (Lipinski definition) is 5. The van der Waals surface area contributed by atoms with Gasteiger partial charge in [0.25, 0.3) is 0 Å². The number of nitrogens with one attached hydrogen (secondary N) is 2. The van der Waals surface area contributed by atoms with E-state index in [1.807, 2.05) is 36.4 Å². The molecule has 0 unspecified atom stereocenters. The highest BCUT2D eigenvalue weighted by atomic mass is 32.2. The van der Waals surface area contributed by atoms with Gasteiger partial charge in [0.2, 0.25) is 5.91 Å². The number of imidazole rings is 1. The molecular formula is C23H22N4O2S. The van der Waals surface area contributed by atoms with Crippen molar-refractivity contribution in [1.82, 2.24) is 15.0 Å². The van der Waals surface area contributed by atoms with Gasteiger partial charge in [-0.05, 0) is 61.4 Å². The van der Waals surface area contributed by atoms with Crippen molar-refractivity contribution < 1.29 is 9.53 Å². The van der Waals surface area contributed by atoms with Crippen LogP contribution in [0.4, 0.5) is 5.69 Å². The Labute approximate surface area is 179 Å². The first-order chi connectivity index (χ1) is 14.5. The van der Waals surface area contributed by atoms with E-state index in [-0.39, 0.29) is 11.7 Å². The van der Waals surface area contributed by atoms with Crippen LogP contribution in [0.15, 0.2) is 59.8 Å². The minimum absolute atomic E-state index is 0.113. The molecule has 4 rings (SSSR count). The maximum absolute atomic E-state index is 12.3. The maximum atomic E-state index is 12.3. The fourth-order valence-electron chi connectivity index (χ4n) is 3.09. The maximum Gasteiger partial charge on any atom is 0.234 e. The van der Waals surface area contributed by atoms with Gasteiger partial charge in [-0.2, -0.15) is 0 Å². The molecule has 0 fully saturated rings. The number of nitrogens with zero attached hydrogens (tertiary/aromatic N) is 2. The Hall–Kier alpha value is -3.32. The average molecular weight is 419 g/mol. The number of aryl methyl sites for hydroxylation is 2. The Kier molecular flexibility index (Phi) is 5.72. The number of aromatic amines is 1. The monoisotopic (exact) mass is 418 g/mol. The number of rotatable bonds is 6. The van der Waals surface area contributed by atoms with Crippen molar-refractivity contribution in [2.24, 2.45) is 0 Å². The molecule has 0 aliphatic heterocycles. The van der Waals surface area contributed by atoms with Gasteiger partial charge in [-0.25, -0.2) is 9.97 Å². The molecule has 2 aromatic heterocycles. The molecule has 0 spiro atoms. The number of ether oxygens (including phenoxy) is 1. The van der Waals surface area contributed by atoms with Crippen LogP contribution in [0.3, 0.4) is 0 Å². The summed E-state index contributed by atoms with van der Waals surface area (Å²) in [7, 11) is 1.58. The molecule has 0 saturated heterocycles. The van der Waals surface area contributed by atoms with Crippen LogP contribution in [0.2, 0.25) is 0 Å². The van der Waals surface area contributed by atoms with Crippen molar-refractivity contribution in [2.45, 2.75) is 18.9 Å². The third-order valence-electron chi connectivity index (χ3n) is 4.84. The van der Waals surface area contributed by atoms with E-state index in [4.69, 9.17) is 4.74 Å². The van der Waals surface area contributed by atoms with Crippen molar-refractivity contribution in [3.05, 3.63) is 65.9 Å². The lowest BCUT2D eigenvalue weighted by Crippen LogP contribution is -2.14. The summed E-state index contributed by atoms with van der Waals surface area (Å²) >= 11 is 1.38. The zero-order chi connectivity index (χ0) is 21.1. The van der Waals surface area contributed by atoms with E-state index in [1.165, 1.54) is 22.9 Å². The van der Waals surface area contributed by atoms with Gasteiger partial charge in [0.05, 0.1) is 34.6 Å². The van der Waals surface area contributed by atoms with Gasteiger partial charge in [-0.1, -0.05) is 23.9 Å². The second kappa shape index (κ2) is 8.59. The predicted molar refractivity (Wildman–Crippen MR) is 121 cm³/mol. The van der Waals surface area contributed by atoms with Crippen LogP contribution < -0.4 is 10.1 Å². The molecule has 1 amide bonds. The lowest BCUT2D eigenvalue weighted by molar-refractivity contribution is -0.113. The lowest BCUT2D eigenvalue weighted by atomic mass is 10.1. The molecule has 2 N–H and O–H groups in total. The first-order valence-corrected chi connectivity index (χ1v) is 10.5. The molecule has 0 aliphatic rings. The number of thioether (sulfide) groups is 1. The number of para-hydroxylation sites is 2. The van der Waals surface area contributed by atoms with Gasteiger partial charge in [-0.15, -0.1) is 0 Å². The van der Waals surface area contributed by atoms with Crippen LogP contribution >= 0.6 is 11.8 Å². The number of fused-ring (bicyclic) bond motifs is 1. The first-order valence-electron chi connectivity index (χ1n) is 9.52. The normalized spacial score (nSPS) is 10.9. The largest absolute Gasteiger partial charge is 0.495 e. The van der Waals surface area contributed by atoms with E-state index < -0.39 is 0 Å². The van der Waals surface area contributed by atoms with Crippen molar-refractivity contribution in [3.8, 4) is 17.1 Å². The summed E-state index contributed by atoms with van der Waals surface area (Å²) in [6, 6.07) is 15.4. The molecule has 152 valence electrons. The highest BCUT2D eigenvalue weighted by Crippen LogP contribution is 2.26. The number of carbonyl (C=O) groups is 1. The molecule has 0 radical (unpaired) electrons. The molecular weight excluding hydrogens is 396 g/mol. The molecule has 6 nitrogen and oxygen atoms in total. The molecule has 0 atom stereocenters. The molecule has 2 heterocycles. The number of benzene rings is 2. The van der Waals surface area contributed by atoms with Gasteiger partial charge in [0, 0.05) is 11.8 Å². The fraction of sp³-hybridized carbons (Fsp3) is 0.174. The van der Waals surface area contributed by atoms with Gasteiger partial charge < -0.3 is 15.0 Å². The number of aromatic nitrogens is 3. The quantitative estimate of drug-likeness (QED) is 0.432. The second-order valence-electron chi connectivity index (χ2n) is 6.96. The topological polar surface area (TPSA) is 79.9 Å². The van der Waals surface area contributed by atoms with E-state index in [0.717, 1.165) is 27.4 Å². The standard InChI is InChI=1S/C23H22N4O2S/c1-14-10-18-19(11-15(14)2)27-23(26-18)16-8-9-22(24-12-16)30-13-21(28)25-17-6-4-5-7-20(17)29-3/h4-12H,13H2,1-3H3,(H,25,28)(H,26,27). The minimum Gasteiger partial charge on any atom is -0.495 e. The summed E-state index contributed by atoms with van der Waals surface area (Å²) in [5.41, 5.74) is 5.97. The highest BCUT2D eigenvalue weighted by molar-refractivity contribution is 7.99. The summed E-state index contributed by atoms with van der Waals surface area (Å²) in [5.74, 6) is 1.56. The predicted octanol–water partition coefficient (Wildman–Crippen LogP) is 4.98. The van der Waals surface area contributed by atoms with Gasteiger partial charge in [0.1, 0.15) is 11.6 Å². The summed E-state index contributed by atoms with van der Waals surface area (Å²) in [6.45, 7) is 4.17. The number of hydrogen-bond donors (Lipinski definition) is 2. The Morgan fingerprint density at radius 2 is 1.93 bits per heavy atom. The van der Waals surface area contributed by atoms with E-state index in [9.17, 15) is 4.79 Å². The summed E-state index contributed by atoms with van der Waals surface area (Å²) in [6.07, 6.45) is 1.78. The summed E-state index contributed by atoms with van der Waals surface area (Å²) in [5, 5.41) is 3.64. The molecule has 30 heavy (non-hydrogen) atoms. The summed E-state index contributed by atoms with van der Waals surface area (Å²) in [4.78, 5) is 24.8. The van der Waals surface area contributed by atoms with E-state index in [2.05, 4.69) is 46.2 Å². The fourth-order valence-corrected chi connectivity index (χ4v) is 3.73. The van der Waals surface area contributed by atoms with Crippen LogP contribution in [0, 0.1) is 13.8 Å². The molecule has 2 aromatic carbocycles. The van der Waals surface area contributed by atoms with E-state index in [1.54, 1.807) is 13.3 Å². The van der Waals surface area contributed by atoms with Crippen LogP contribution in [0.25, 0.3) is 22.4 Å². The van der Waals surface area contributed by atoms with Crippen LogP contribution in [-0.4, -0.2) is 33.7 Å². The average Bonchev–Trinajstić information content (AvgIpc) is 3.16. The minimum atomic E-state index is -0.113. The van der Waals surface area contributed by atoms with Crippen molar-refractivity contribution in [1.29, 1.82) is 0 Å². The SMILES string of the molecule is COc1ccccc1NC(=O)CSc1ccc(-c2nc3cc(C)c(C)cc3[nH]2)cn1. The van der Waals surface area contributed by atoms with Gasteiger partial charge in [-0.3, -0.25) is 4.79 Å². The number of methoxy groups -OCH3 is 1. The van der Waals surface area contributed by atoms with E-state index >= 15 is 0 Å². The number of amides is 1. The molecule has 0 aliphatic carbocycles. The highest BCUT2D eigenvalue weighted by Gasteiger charge is 2.10. The van der Waals surface area contributed by atoms with Crippen LogP contribution in [0.5, 0.6) is 5.75 Å². The molecule has 4 aromatic rings. The van der Waals surface area contributed by atoms with Crippen molar-refractivity contribution >= 4 is 34.4 Å². The third kappa shape index (κ3) is 4.31. The Bertz CT molecular complexity index is 1160. The lowest BCUT2D eigenvalue weighted by Gasteiger charge is -2.09.